The Morgan fingerprint density at radius 2 is 1.88 bits per heavy atom. The highest BCUT2D eigenvalue weighted by Crippen LogP contribution is 2.26. The number of hydrogen-bond donors (Lipinski definition) is 1. The largest absolute Gasteiger partial charge is 0.314 e. The smallest absolute Gasteiger partial charge is 0.0107 e. The van der Waals surface area contributed by atoms with E-state index >= 15 is 0 Å². The predicted octanol–water partition coefficient (Wildman–Crippen LogP) is 3.28. The van der Waals surface area contributed by atoms with E-state index in [4.69, 9.17) is 0 Å². The topological polar surface area (TPSA) is 15.3 Å². The molecule has 0 radical (unpaired) electrons. The van der Waals surface area contributed by atoms with Crippen LogP contribution < -0.4 is 5.32 Å². The average molecular weight is 240 g/mol. The molecule has 1 rings (SSSR count). The van der Waals surface area contributed by atoms with Gasteiger partial charge < -0.3 is 10.2 Å². The number of rotatable bonds is 7. The zero-order chi connectivity index (χ0) is 12.7. The van der Waals surface area contributed by atoms with Crippen molar-refractivity contribution < 1.29 is 0 Å². The van der Waals surface area contributed by atoms with Crippen molar-refractivity contribution in [3.05, 3.63) is 0 Å². The summed E-state index contributed by atoms with van der Waals surface area (Å²) >= 11 is 0. The van der Waals surface area contributed by atoms with Crippen molar-refractivity contribution in [2.45, 2.75) is 71.9 Å². The van der Waals surface area contributed by atoms with Gasteiger partial charge in [0.15, 0.2) is 0 Å². The summed E-state index contributed by atoms with van der Waals surface area (Å²) in [5.41, 5.74) is 0. The van der Waals surface area contributed by atoms with Gasteiger partial charge in [-0.05, 0) is 45.2 Å². The van der Waals surface area contributed by atoms with Gasteiger partial charge in [-0.3, -0.25) is 0 Å². The van der Waals surface area contributed by atoms with Crippen molar-refractivity contribution in [1.82, 2.24) is 10.2 Å². The molecule has 1 N–H and O–H groups in total. The number of hydrogen-bond acceptors (Lipinski definition) is 2. The van der Waals surface area contributed by atoms with Gasteiger partial charge in [-0.1, -0.05) is 33.6 Å². The number of nitrogens with zero attached hydrogens (tertiary/aromatic N) is 1. The summed E-state index contributed by atoms with van der Waals surface area (Å²) in [6, 6.07) is 1.51. The zero-order valence-electron chi connectivity index (χ0n) is 12.3. The first-order valence-corrected chi connectivity index (χ1v) is 7.70. The molecule has 3 unspecified atom stereocenters. The lowest BCUT2D eigenvalue weighted by atomic mass is 9.83. The minimum Gasteiger partial charge on any atom is -0.314 e. The van der Waals surface area contributed by atoms with E-state index in [1.165, 1.54) is 45.2 Å². The maximum atomic E-state index is 3.69. The van der Waals surface area contributed by atoms with E-state index in [0.29, 0.717) is 0 Å². The first-order chi connectivity index (χ1) is 8.22. The first-order valence-electron chi connectivity index (χ1n) is 7.70. The Balaban J connectivity index is 2.50. The van der Waals surface area contributed by atoms with Gasteiger partial charge in [0.2, 0.25) is 0 Å². The molecule has 1 fully saturated rings. The minimum atomic E-state index is 0.740. The second-order valence-electron chi connectivity index (χ2n) is 5.55. The van der Waals surface area contributed by atoms with Crippen LogP contribution in [0.15, 0.2) is 0 Å². The third-order valence-electron chi connectivity index (χ3n) is 4.46. The molecule has 0 aromatic carbocycles. The molecule has 0 aliphatic heterocycles. The molecule has 3 atom stereocenters. The third kappa shape index (κ3) is 4.59. The van der Waals surface area contributed by atoms with Gasteiger partial charge in [-0.2, -0.15) is 0 Å². The zero-order valence-corrected chi connectivity index (χ0v) is 12.3. The highest BCUT2D eigenvalue weighted by atomic mass is 15.1. The SMILES string of the molecule is CCNC1CCCCC1CN(CC)C(C)CC. The Morgan fingerprint density at radius 1 is 1.18 bits per heavy atom. The van der Waals surface area contributed by atoms with E-state index in [0.717, 1.165) is 24.5 Å². The van der Waals surface area contributed by atoms with Gasteiger partial charge in [0, 0.05) is 18.6 Å². The number of nitrogens with one attached hydrogen (secondary N) is 1. The minimum absolute atomic E-state index is 0.740. The second kappa shape index (κ2) is 8.10. The first kappa shape index (κ1) is 15.0. The molecule has 2 nitrogen and oxygen atoms in total. The fraction of sp³-hybridized carbons (Fsp3) is 1.00. The average Bonchev–Trinajstić information content (AvgIpc) is 2.37. The fourth-order valence-electron chi connectivity index (χ4n) is 3.14. The Hall–Kier alpha value is -0.0800. The summed E-state index contributed by atoms with van der Waals surface area (Å²) in [4.78, 5) is 2.67. The molecule has 102 valence electrons. The Kier molecular flexibility index (Phi) is 7.14. The van der Waals surface area contributed by atoms with Crippen LogP contribution in [0.4, 0.5) is 0 Å². The van der Waals surface area contributed by atoms with Crippen LogP contribution in [0.25, 0.3) is 0 Å². The third-order valence-corrected chi connectivity index (χ3v) is 4.46. The highest BCUT2D eigenvalue weighted by molar-refractivity contribution is 4.83. The van der Waals surface area contributed by atoms with Crippen molar-refractivity contribution in [2.75, 3.05) is 19.6 Å². The summed E-state index contributed by atoms with van der Waals surface area (Å²) in [5, 5.41) is 3.69. The van der Waals surface area contributed by atoms with Crippen molar-refractivity contribution in [2.24, 2.45) is 5.92 Å². The summed E-state index contributed by atoms with van der Waals surface area (Å²) in [6.45, 7) is 12.8. The lowest BCUT2D eigenvalue weighted by Crippen LogP contribution is -2.46. The Bertz CT molecular complexity index is 191. The van der Waals surface area contributed by atoms with Crippen LogP contribution in [0.5, 0.6) is 0 Å². The van der Waals surface area contributed by atoms with E-state index in [9.17, 15) is 0 Å². The molecule has 0 heterocycles. The van der Waals surface area contributed by atoms with E-state index in [1.54, 1.807) is 0 Å². The molecule has 17 heavy (non-hydrogen) atoms. The van der Waals surface area contributed by atoms with Crippen LogP contribution in [0, 0.1) is 5.92 Å². The summed E-state index contributed by atoms with van der Waals surface area (Å²) in [6.07, 6.45) is 6.93. The fourth-order valence-corrected chi connectivity index (χ4v) is 3.14. The predicted molar refractivity (Wildman–Crippen MR) is 76.4 cm³/mol. The van der Waals surface area contributed by atoms with Crippen molar-refractivity contribution in [3.63, 3.8) is 0 Å². The standard InChI is InChI=1S/C15H32N2/c1-5-13(4)17(7-3)12-14-10-8-9-11-15(14)16-6-2/h13-16H,5-12H2,1-4H3. The Morgan fingerprint density at radius 3 is 2.47 bits per heavy atom. The van der Waals surface area contributed by atoms with Gasteiger partial charge in [-0.25, -0.2) is 0 Å². The molecule has 0 aromatic rings. The van der Waals surface area contributed by atoms with Crippen molar-refractivity contribution >= 4 is 0 Å². The lowest BCUT2D eigenvalue weighted by Gasteiger charge is -2.37. The molecule has 0 bridgehead atoms. The van der Waals surface area contributed by atoms with Crippen LogP contribution in [0.2, 0.25) is 0 Å². The molecule has 0 spiro atoms. The van der Waals surface area contributed by atoms with Gasteiger partial charge in [0.1, 0.15) is 0 Å². The Labute approximate surface area is 108 Å². The van der Waals surface area contributed by atoms with Gasteiger partial charge >= 0.3 is 0 Å². The molecule has 1 aliphatic carbocycles. The van der Waals surface area contributed by atoms with E-state index in [1.807, 2.05) is 0 Å². The maximum Gasteiger partial charge on any atom is 0.0107 e. The maximum absolute atomic E-state index is 3.69. The normalized spacial score (nSPS) is 27.4. The van der Waals surface area contributed by atoms with Crippen molar-refractivity contribution in [3.8, 4) is 0 Å². The molecular weight excluding hydrogens is 208 g/mol. The van der Waals surface area contributed by atoms with Crippen LogP contribution >= 0.6 is 0 Å². The van der Waals surface area contributed by atoms with E-state index in [2.05, 4.69) is 37.9 Å². The lowest BCUT2D eigenvalue weighted by molar-refractivity contribution is 0.139. The monoisotopic (exact) mass is 240 g/mol. The summed E-state index contributed by atoms with van der Waals surface area (Å²) in [7, 11) is 0. The quantitative estimate of drug-likeness (QED) is 0.735. The van der Waals surface area contributed by atoms with E-state index < -0.39 is 0 Å². The second-order valence-corrected chi connectivity index (χ2v) is 5.55. The van der Waals surface area contributed by atoms with Gasteiger partial charge in [-0.15, -0.1) is 0 Å². The molecular formula is C15H32N2. The summed E-state index contributed by atoms with van der Waals surface area (Å²) in [5.74, 6) is 0.873. The molecule has 1 saturated carbocycles. The van der Waals surface area contributed by atoms with Gasteiger partial charge in [0.05, 0.1) is 0 Å². The van der Waals surface area contributed by atoms with Gasteiger partial charge in [0.25, 0.3) is 0 Å². The molecule has 2 heteroatoms. The van der Waals surface area contributed by atoms with Crippen molar-refractivity contribution in [1.29, 1.82) is 0 Å². The summed E-state index contributed by atoms with van der Waals surface area (Å²) < 4.78 is 0. The molecule has 0 saturated heterocycles. The highest BCUT2D eigenvalue weighted by Gasteiger charge is 2.26. The van der Waals surface area contributed by atoms with Crippen LogP contribution in [-0.2, 0) is 0 Å². The molecule has 1 aliphatic rings. The molecule has 0 aromatic heterocycles. The van der Waals surface area contributed by atoms with E-state index in [-0.39, 0.29) is 0 Å². The molecule has 0 amide bonds. The van der Waals surface area contributed by atoms with Crippen LogP contribution in [-0.4, -0.2) is 36.6 Å². The van der Waals surface area contributed by atoms with Crippen LogP contribution in [0.3, 0.4) is 0 Å². The van der Waals surface area contributed by atoms with Crippen LogP contribution in [0.1, 0.15) is 59.8 Å².